The minimum absolute atomic E-state index is 0.00569. The number of amides is 1. The third-order valence-electron chi connectivity index (χ3n) is 5.11. The summed E-state index contributed by atoms with van der Waals surface area (Å²) >= 11 is 1.11. The molecule has 1 N–H and O–H groups in total. The number of sulfonamides is 1. The number of hydrogen-bond donors (Lipinski definition) is 1. The van der Waals surface area contributed by atoms with E-state index in [0.717, 1.165) is 32.1 Å². The van der Waals surface area contributed by atoms with E-state index in [-0.39, 0.29) is 41.5 Å². The second-order valence-corrected chi connectivity index (χ2v) is 10.4. The van der Waals surface area contributed by atoms with E-state index >= 15 is 0 Å². The molecular formula is C21H24N4O6S2. The molecule has 1 aromatic heterocycles. The van der Waals surface area contributed by atoms with Crippen molar-refractivity contribution in [2.45, 2.75) is 33.2 Å². The van der Waals surface area contributed by atoms with Crippen molar-refractivity contribution in [1.82, 2.24) is 4.57 Å². The molecule has 33 heavy (non-hydrogen) atoms. The van der Waals surface area contributed by atoms with E-state index in [1.165, 1.54) is 18.2 Å². The Bertz CT molecular complexity index is 1380. The summed E-state index contributed by atoms with van der Waals surface area (Å²) < 4.78 is 28.2. The molecule has 2 aromatic carbocycles. The molecule has 12 heteroatoms. The van der Waals surface area contributed by atoms with Crippen LogP contribution in [0.25, 0.3) is 10.2 Å². The number of nitro groups is 1. The highest BCUT2D eigenvalue weighted by molar-refractivity contribution is 7.92. The van der Waals surface area contributed by atoms with Crippen molar-refractivity contribution in [2.75, 3.05) is 22.4 Å². The molecule has 176 valence electrons. The van der Waals surface area contributed by atoms with Crippen molar-refractivity contribution in [1.29, 1.82) is 0 Å². The van der Waals surface area contributed by atoms with Crippen LogP contribution in [-0.2, 0) is 21.4 Å². The number of fused-ring (bicyclic) bond motifs is 1. The largest absolute Gasteiger partial charge is 0.326 e. The fourth-order valence-electron chi connectivity index (χ4n) is 3.50. The average molecular weight is 493 g/mol. The smallest absolute Gasteiger partial charge is 0.308 e. The molecule has 3 aromatic rings. The van der Waals surface area contributed by atoms with Crippen LogP contribution in [0.3, 0.4) is 0 Å². The summed E-state index contributed by atoms with van der Waals surface area (Å²) in [6, 6.07) is 9.26. The minimum Gasteiger partial charge on any atom is -0.326 e. The van der Waals surface area contributed by atoms with Gasteiger partial charge in [0, 0.05) is 37.3 Å². The molecule has 0 radical (unpaired) electrons. The lowest BCUT2D eigenvalue weighted by Gasteiger charge is -2.24. The van der Waals surface area contributed by atoms with Crippen molar-refractivity contribution in [3.63, 3.8) is 0 Å². The van der Waals surface area contributed by atoms with Crippen molar-refractivity contribution < 1.29 is 18.1 Å². The highest BCUT2D eigenvalue weighted by atomic mass is 32.2. The van der Waals surface area contributed by atoms with Gasteiger partial charge in [0.2, 0.25) is 15.9 Å². The SMILES string of the molecule is CCn1c(=O)sc2cc(NC(=O)CCCN(c3cc([N+](=O)[O-])ccc3C)S(C)(=O)=O)ccc21. The van der Waals surface area contributed by atoms with Gasteiger partial charge in [0.25, 0.3) is 5.69 Å². The van der Waals surface area contributed by atoms with E-state index in [0.29, 0.717) is 17.8 Å². The Kier molecular flexibility index (Phi) is 7.18. The van der Waals surface area contributed by atoms with Crippen molar-refractivity contribution >= 4 is 54.5 Å². The topological polar surface area (TPSA) is 132 Å². The molecule has 3 rings (SSSR count). The number of nitrogens with zero attached hydrogens (tertiary/aromatic N) is 3. The molecular weight excluding hydrogens is 468 g/mol. The van der Waals surface area contributed by atoms with Crippen molar-refractivity contribution in [3.05, 3.63) is 61.7 Å². The normalized spacial score (nSPS) is 11.5. The Labute approximate surface area is 194 Å². The molecule has 0 saturated heterocycles. The molecule has 1 heterocycles. The molecule has 0 fully saturated rings. The number of aryl methyl sites for hydroxylation is 2. The number of hydrogen-bond acceptors (Lipinski definition) is 7. The maximum Gasteiger partial charge on any atom is 0.308 e. The predicted molar refractivity (Wildman–Crippen MR) is 130 cm³/mol. The standard InChI is InChI=1S/C21H24N4O6S2/c1-4-23-17-10-8-15(12-19(17)32-21(23)27)22-20(26)6-5-11-24(33(3,30)31)18-13-16(25(28)29)9-7-14(18)2/h7-10,12-13H,4-6,11H2,1-3H3,(H,22,26). The van der Waals surface area contributed by atoms with Crippen LogP contribution >= 0.6 is 11.3 Å². The summed E-state index contributed by atoms with van der Waals surface area (Å²) in [6.07, 6.45) is 1.28. The molecule has 0 bridgehead atoms. The molecule has 0 aliphatic carbocycles. The number of nitro benzene ring substituents is 1. The van der Waals surface area contributed by atoms with Gasteiger partial charge in [0.05, 0.1) is 27.1 Å². The quantitative estimate of drug-likeness (QED) is 0.359. The van der Waals surface area contributed by atoms with Gasteiger partial charge in [-0.3, -0.25) is 28.6 Å². The van der Waals surface area contributed by atoms with Crippen LogP contribution in [0.4, 0.5) is 17.1 Å². The molecule has 0 aliphatic rings. The fraction of sp³-hybridized carbons (Fsp3) is 0.333. The van der Waals surface area contributed by atoms with Gasteiger partial charge in [-0.05, 0) is 44.0 Å². The first-order chi connectivity index (χ1) is 15.5. The van der Waals surface area contributed by atoms with Crippen LogP contribution in [0, 0.1) is 17.0 Å². The van der Waals surface area contributed by atoms with Crippen LogP contribution in [0.5, 0.6) is 0 Å². The van der Waals surface area contributed by atoms with Crippen LogP contribution < -0.4 is 14.5 Å². The van der Waals surface area contributed by atoms with Gasteiger partial charge in [0.1, 0.15) is 0 Å². The Balaban J connectivity index is 1.69. The summed E-state index contributed by atoms with van der Waals surface area (Å²) in [5.74, 6) is -0.305. The average Bonchev–Trinajstić information content (AvgIpc) is 3.05. The summed E-state index contributed by atoms with van der Waals surface area (Å²) in [6.45, 7) is 4.11. The molecule has 0 unspecified atom stereocenters. The van der Waals surface area contributed by atoms with Crippen LogP contribution in [0.2, 0.25) is 0 Å². The predicted octanol–water partition coefficient (Wildman–Crippen LogP) is 3.48. The molecule has 0 atom stereocenters. The number of thiazole rings is 1. The van der Waals surface area contributed by atoms with Crippen molar-refractivity contribution in [3.8, 4) is 0 Å². The van der Waals surface area contributed by atoms with E-state index in [4.69, 9.17) is 0 Å². The number of nitrogens with one attached hydrogen (secondary N) is 1. The molecule has 1 amide bonds. The van der Waals surface area contributed by atoms with Gasteiger partial charge in [0.15, 0.2) is 0 Å². The Hall–Kier alpha value is -3.25. The molecule has 0 aliphatic heterocycles. The monoisotopic (exact) mass is 492 g/mol. The number of carbonyl (C=O) groups excluding carboxylic acids is 1. The second kappa shape index (κ2) is 9.71. The third-order valence-corrected chi connectivity index (χ3v) is 7.23. The highest BCUT2D eigenvalue weighted by Crippen LogP contribution is 2.28. The lowest BCUT2D eigenvalue weighted by atomic mass is 10.1. The van der Waals surface area contributed by atoms with E-state index in [9.17, 15) is 28.1 Å². The molecule has 0 spiro atoms. The highest BCUT2D eigenvalue weighted by Gasteiger charge is 2.22. The van der Waals surface area contributed by atoms with Gasteiger partial charge in [-0.15, -0.1) is 0 Å². The van der Waals surface area contributed by atoms with Gasteiger partial charge in [-0.2, -0.15) is 0 Å². The molecule has 10 nitrogen and oxygen atoms in total. The number of non-ortho nitro benzene ring substituents is 1. The van der Waals surface area contributed by atoms with Crippen molar-refractivity contribution in [2.24, 2.45) is 0 Å². The zero-order valence-electron chi connectivity index (χ0n) is 18.4. The summed E-state index contributed by atoms with van der Waals surface area (Å²) in [4.78, 5) is 34.9. The molecule has 0 saturated carbocycles. The number of rotatable bonds is 9. The van der Waals surface area contributed by atoms with Crippen LogP contribution in [0.1, 0.15) is 25.3 Å². The van der Waals surface area contributed by atoms with E-state index in [2.05, 4.69) is 5.32 Å². The van der Waals surface area contributed by atoms with Crippen LogP contribution in [-0.4, -0.2) is 36.6 Å². The van der Waals surface area contributed by atoms with E-state index in [1.54, 1.807) is 29.7 Å². The maximum atomic E-state index is 12.4. The Morgan fingerprint density at radius 2 is 1.97 bits per heavy atom. The van der Waals surface area contributed by atoms with Gasteiger partial charge >= 0.3 is 4.87 Å². The number of aromatic nitrogens is 1. The summed E-state index contributed by atoms with van der Waals surface area (Å²) in [5, 5.41) is 13.9. The summed E-state index contributed by atoms with van der Waals surface area (Å²) in [5.41, 5.74) is 1.93. The Morgan fingerprint density at radius 3 is 2.61 bits per heavy atom. The first-order valence-corrected chi connectivity index (χ1v) is 12.8. The lowest BCUT2D eigenvalue weighted by Crippen LogP contribution is -2.32. The van der Waals surface area contributed by atoms with E-state index < -0.39 is 14.9 Å². The van der Waals surface area contributed by atoms with E-state index in [1.807, 2.05) is 6.92 Å². The van der Waals surface area contributed by atoms with Gasteiger partial charge in [-0.25, -0.2) is 8.42 Å². The first-order valence-electron chi connectivity index (χ1n) is 10.2. The first kappa shape index (κ1) is 24.4. The third kappa shape index (κ3) is 5.57. The number of benzene rings is 2. The minimum atomic E-state index is -3.72. The number of anilines is 2. The number of carbonyl (C=O) groups is 1. The zero-order valence-corrected chi connectivity index (χ0v) is 20.0. The lowest BCUT2D eigenvalue weighted by molar-refractivity contribution is -0.384. The zero-order chi connectivity index (χ0) is 24.3. The van der Waals surface area contributed by atoms with Gasteiger partial charge in [-0.1, -0.05) is 17.4 Å². The fourth-order valence-corrected chi connectivity index (χ4v) is 5.50. The summed E-state index contributed by atoms with van der Waals surface area (Å²) in [7, 11) is -3.72. The second-order valence-electron chi connectivity index (χ2n) is 7.51. The van der Waals surface area contributed by atoms with Crippen LogP contribution in [0.15, 0.2) is 41.2 Å². The van der Waals surface area contributed by atoms with Gasteiger partial charge < -0.3 is 5.32 Å². The Morgan fingerprint density at radius 1 is 1.24 bits per heavy atom. The maximum absolute atomic E-state index is 12.4.